The van der Waals surface area contributed by atoms with Gasteiger partial charge in [0.25, 0.3) is 0 Å². The molecule has 2 N–H and O–H groups in total. The zero-order valence-electron chi connectivity index (χ0n) is 13.6. The first-order valence-corrected chi connectivity index (χ1v) is 7.91. The molecule has 0 radical (unpaired) electrons. The number of carbonyl (C=O) groups excluding carboxylic acids is 1. The maximum atomic E-state index is 12.6. The number of nitrogens with one attached hydrogen (secondary N) is 1. The molecule has 0 atom stereocenters. The van der Waals surface area contributed by atoms with E-state index in [2.05, 4.69) is 5.32 Å². The molecule has 2 rings (SSSR count). The van der Waals surface area contributed by atoms with Gasteiger partial charge in [0.1, 0.15) is 0 Å². The molecule has 0 unspecified atom stereocenters. The number of carbonyl (C=O) groups is 2. The van der Waals surface area contributed by atoms with Gasteiger partial charge in [-0.2, -0.15) is 0 Å². The first kappa shape index (κ1) is 16.5. The van der Waals surface area contributed by atoms with Crippen LogP contribution < -0.4 is 5.32 Å². The summed E-state index contributed by atoms with van der Waals surface area (Å²) in [5.74, 6) is -0.960. The molecule has 0 saturated heterocycles. The Morgan fingerprint density at radius 2 is 1.64 bits per heavy atom. The highest BCUT2D eigenvalue weighted by atomic mass is 16.4. The summed E-state index contributed by atoms with van der Waals surface area (Å²) in [6.45, 7) is 5.88. The monoisotopic (exact) mass is 303 g/mol. The van der Waals surface area contributed by atoms with Crippen LogP contribution >= 0.6 is 0 Å². The van der Waals surface area contributed by atoms with Gasteiger partial charge in [-0.15, -0.1) is 0 Å². The molecule has 0 aromatic heterocycles. The summed E-state index contributed by atoms with van der Waals surface area (Å²) in [5, 5.41) is 12.1. The van der Waals surface area contributed by atoms with Crippen LogP contribution in [0.4, 0.5) is 0 Å². The minimum Gasteiger partial charge on any atom is -0.481 e. The van der Waals surface area contributed by atoms with E-state index in [0.29, 0.717) is 12.8 Å². The van der Waals surface area contributed by atoms with Gasteiger partial charge in [-0.3, -0.25) is 9.59 Å². The summed E-state index contributed by atoms with van der Waals surface area (Å²) in [5.41, 5.74) is 1.58. The van der Waals surface area contributed by atoms with Crippen molar-refractivity contribution in [3.05, 3.63) is 35.4 Å². The second-order valence-electron chi connectivity index (χ2n) is 6.85. The summed E-state index contributed by atoms with van der Waals surface area (Å²) < 4.78 is 0. The van der Waals surface area contributed by atoms with Crippen LogP contribution in [0.25, 0.3) is 0 Å². The van der Waals surface area contributed by atoms with E-state index in [0.717, 1.165) is 18.4 Å². The fraction of sp³-hybridized carbons (Fsp3) is 0.556. The highest BCUT2D eigenvalue weighted by Crippen LogP contribution is 2.27. The van der Waals surface area contributed by atoms with Crippen LogP contribution in [0.5, 0.6) is 0 Å². The van der Waals surface area contributed by atoms with Gasteiger partial charge in [-0.1, -0.05) is 29.8 Å². The van der Waals surface area contributed by atoms with Crippen LogP contribution in [0.2, 0.25) is 0 Å². The van der Waals surface area contributed by atoms with Crippen molar-refractivity contribution in [2.45, 2.75) is 57.9 Å². The van der Waals surface area contributed by atoms with E-state index < -0.39 is 11.4 Å². The van der Waals surface area contributed by atoms with Crippen LogP contribution in [-0.2, 0) is 15.0 Å². The molecule has 4 nitrogen and oxygen atoms in total. The van der Waals surface area contributed by atoms with Crippen LogP contribution in [0.3, 0.4) is 0 Å². The Hall–Kier alpha value is -1.84. The lowest BCUT2D eigenvalue weighted by Gasteiger charge is -2.31. The van der Waals surface area contributed by atoms with Crippen molar-refractivity contribution in [2.75, 3.05) is 0 Å². The molecule has 1 aliphatic rings. The van der Waals surface area contributed by atoms with E-state index in [1.807, 2.05) is 45.0 Å². The third kappa shape index (κ3) is 3.67. The molecule has 120 valence electrons. The van der Waals surface area contributed by atoms with Crippen LogP contribution in [0.1, 0.15) is 50.7 Å². The molecule has 0 heterocycles. The second kappa shape index (κ2) is 6.51. The first-order valence-electron chi connectivity index (χ1n) is 7.91. The van der Waals surface area contributed by atoms with E-state index in [1.165, 1.54) is 5.56 Å². The zero-order valence-corrected chi connectivity index (χ0v) is 13.6. The Kier molecular flexibility index (Phi) is 4.89. The Bertz CT molecular complexity index is 540. The van der Waals surface area contributed by atoms with Gasteiger partial charge < -0.3 is 10.4 Å². The van der Waals surface area contributed by atoms with E-state index >= 15 is 0 Å². The number of hydrogen-bond acceptors (Lipinski definition) is 2. The SMILES string of the molecule is Cc1ccc(C(C)(C)C(=O)NC2CCC(C(=O)O)CC2)cc1. The number of rotatable bonds is 4. The normalized spacial score (nSPS) is 22.1. The lowest BCUT2D eigenvalue weighted by Crippen LogP contribution is -2.46. The van der Waals surface area contributed by atoms with Gasteiger partial charge in [0.05, 0.1) is 11.3 Å². The molecule has 4 heteroatoms. The smallest absolute Gasteiger partial charge is 0.306 e. The maximum absolute atomic E-state index is 12.6. The number of aliphatic carboxylic acids is 1. The van der Waals surface area contributed by atoms with Crippen molar-refractivity contribution in [1.29, 1.82) is 0 Å². The first-order chi connectivity index (χ1) is 10.3. The number of aryl methyl sites for hydroxylation is 1. The average molecular weight is 303 g/mol. The summed E-state index contributed by atoms with van der Waals surface area (Å²) in [4.78, 5) is 23.6. The highest BCUT2D eigenvalue weighted by molar-refractivity contribution is 5.87. The fourth-order valence-electron chi connectivity index (χ4n) is 2.95. The Morgan fingerprint density at radius 3 is 2.14 bits per heavy atom. The number of amides is 1. The minimum atomic E-state index is -0.718. The van der Waals surface area contributed by atoms with E-state index in [4.69, 9.17) is 5.11 Å². The van der Waals surface area contributed by atoms with E-state index in [9.17, 15) is 9.59 Å². The van der Waals surface area contributed by atoms with Gasteiger partial charge in [0, 0.05) is 6.04 Å². The topological polar surface area (TPSA) is 66.4 Å². The van der Waals surface area contributed by atoms with Crippen molar-refractivity contribution < 1.29 is 14.7 Å². The maximum Gasteiger partial charge on any atom is 0.306 e. The van der Waals surface area contributed by atoms with Gasteiger partial charge in [-0.25, -0.2) is 0 Å². The van der Waals surface area contributed by atoms with Crippen molar-refractivity contribution >= 4 is 11.9 Å². The zero-order chi connectivity index (χ0) is 16.3. The summed E-state index contributed by atoms with van der Waals surface area (Å²) >= 11 is 0. The molecule has 1 aromatic rings. The molecule has 1 amide bonds. The number of hydrogen-bond donors (Lipinski definition) is 2. The molecular weight excluding hydrogens is 278 g/mol. The molecule has 1 aliphatic carbocycles. The van der Waals surface area contributed by atoms with Gasteiger partial charge >= 0.3 is 5.97 Å². The average Bonchev–Trinajstić information content (AvgIpc) is 2.48. The van der Waals surface area contributed by atoms with Crippen molar-refractivity contribution in [3.8, 4) is 0 Å². The summed E-state index contributed by atoms with van der Waals surface area (Å²) in [6, 6.07) is 8.12. The van der Waals surface area contributed by atoms with Gasteiger partial charge in [0.15, 0.2) is 0 Å². The number of benzene rings is 1. The Morgan fingerprint density at radius 1 is 1.09 bits per heavy atom. The third-order valence-electron chi connectivity index (χ3n) is 4.75. The Labute approximate surface area is 131 Å². The standard InChI is InChI=1S/C18H25NO3/c1-12-4-8-14(9-5-12)18(2,3)17(22)19-15-10-6-13(7-11-15)16(20)21/h4-5,8-9,13,15H,6-7,10-11H2,1-3H3,(H,19,22)(H,20,21). The van der Waals surface area contributed by atoms with Crippen LogP contribution in [-0.4, -0.2) is 23.0 Å². The van der Waals surface area contributed by atoms with Crippen molar-refractivity contribution in [1.82, 2.24) is 5.32 Å². The number of carboxylic acid groups (broad SMARTS) is 1. The predicted molar refractivity (Wildman–Crippen MR) is 85.7 cm³/mol. The lowest BCUT2D eigenvalue weighted by atomic mass is 9.81. The van der Waals surface area contributed by atoms with Crippen molar-refractivity contribution in [2.24, 2.45) is 5.92 Å². The fourth-order valence-corrected chi connectivity index (χ4v) is 2.95. The summed E-state index contributed by atoms with van der Waals surface area (Å²) in [6.07, 6.45) is 2.77. The molecule has 22 heavy (non-hydrogen) atoms. The largest absolute Gasteiger partial charge is 0.481 e. The lowest BCUT2D eigenvalue weighted by molar-refractivity contribution is -0.142. The van der Waals surface area contributed by atoms with E-state index in [1.54, 1.807) is 0 Å². The molecular formula is C18H25NO3. The van der Waals surface area contributed by atoms with Gasteiger partial charge in [0.2, 0.25) is 5.91 Å². The molecule has 0 bridgehead atoms. The van der Waals surface area contributed by atoms with Crippen LogP contribution in [0, 0.1) is 12.8 Å². The highest BCUT2D eigenvalue weighted by Gasteiger charge is 2.33. The summed E-state index contributed by atoms with van der Waals surface area (Å²) in [7, 11) is 0. The second-order valence-corrected chi connectivity index (χ2v) is 6.85. The molecule has 1 saturated carbocycles. The van der Waals surface area contributed by atoms with Gasteiger partial charge in [-0.05, 0) is 52.0 Å². The van der Waals surface area contributed by atoms with E-state index in [-0.39, 0.29) is 17.9 Å². The number of carboxylic acids is 1. The Balaban J connectivity index is 1.97. The third-order valence-corrected chi connectivity index (χ3v) is 4.75. The van der Waals surface area contributed by atoms with Crippen molar-refractivity contribution in [3.63, 3.8) is 0 Å². The van der Waals surface area contributed by atoms with Crippen LogP contribution in [0.15, 0.2) is 24.3 Å². The minimum absolute atomic E-state index is 0.00938. The quantitative estimate of drug-likeness (QED) is 0.898. The molecule has 1 aromatic carbocycles. The molecule has 0 spiro atoms. The molecule has 1 fully saturated rings. The molecule has 0 aliphatic heterocycles. The predicted octanol–water partition coefficient (Wildman–Crippen LogP) is 3.03.